The van der Waals surface area contributed by atoms with E-state index in [0.29, 0.717) is 12.8 Å². The number of allylic oxidation sites excluding steroid dienone is 6. The summed E-state index contributed by atoms with van der Waals surface area (Å²) in [4.78, 5) is 35.7. The van der Waals surface area contributed by atoms with Gasteiger partial charge in [0.15, 0.2) is 6.10 Å². The van der Waals surface area contributed by atoms with Gasteiger partial charge in [-0.2, -0.15) is 0 Å². The Morgan fingerprint density at radius 1 is 0.500 bits per heavy atom. The molecule has 14 heteroatoms. The van der Waals surface area contributed by atoms with Crippen LogP contribution in [0.3, 0.4) is 0 Å². The van der Waals surface area contributed by atoms with Crippen LogP contribution in [0.1, 0.15) is 200 Å². The van der Waals surface area contributed by atoms with E-state index in [1.54, 1.807) is 0 Å². The Kier molecular flexibility index (Phi) is 35.9. The summed E-state index contributed by atoms with van der Waals surface area (Å²) >= 11 is 0. The SMILES string of the molecule is CCC/C=C\CCCCCCCC(=O)OCC(COP(=O)(O)OC1C(O)C(O)C(O)C(O)C1O)OC(=O)CCCCCCCCCCCCC/C=C\C/C=C\CCCCCCC. The molecule has 0 aromatic heterocycles. The van der Waals surface area contributed by atoms with Crippen LogP contribution >= 0.6 is 7.82 Å². The Hall–Kier alpha value is -1.93. The van der Waals surface area contributed by atoms with E-state index in [4.69, 9.17) is 18.5 Å². The molecule has 1 aliphatic rings. The first-order chi connectivity index (χ1) is 29.9. The maximum absolute atomic E-state index is 12.8. The molecule has 0 bridgehead atoms. The van der Waals surface area contributed by atoms with E-state index in [0.717, 1.165) is 83.5 Å². The van der Waals surface area contributed by atoms with Crippen LogP contribution in [-0.2, 0) is 32.7 Å². The number of ether oxygens (including phenoxy) is 2. The van der Waals surface area contributed by atoms with Gasteiger partial charge >= 0.3 is 19.8 Å². The predicted octanol–water partition coefficient (Wildman–Crippen LogP) is 9.78. The Morgan fingerprint density at radius 3 is 1.39 bits per heavy atom. The van der Waals surface area contributed by atoms with Gasteiger partial charge in [-0.1, -0.05) is 159 Å². The number of rotatable bonds is 40. The van der Waals surface area contributed by atoms with Gasteiger partial charge in [-0.25, -0.2) is 4.57 Å². The molecule has 6 N–H and O–H groups in total. The molecular weight excluding hydrogens is 815 g/mol. The third kappa shape index (κ3) is 30.3. The number of hydrogen-bond donors (Lipinski definition) is 6. The highest BCUT2D eigenvalue weighted by molar-refractivity contribution is 7.47. The van der Waals surface area contributed by atoms with Gasteiger partial charge in [0.2, 0.25) is 0 Å². The van der Waals surface area contributed by atoms with Gasteiger partial charge in [-0.15, -0.1) is 0 Å². The molecule has 0 spiro atoms. The first-order valence-corrected chi connectivity index (χ1v) is 25.8. The fourth-order valence-corrected chi connectivity index (χ4v) is 8.23. The van der Waals surface area contributed by atoms with Crippen LogP contribution in [-0.4, -0.2) is 98.3 Å². The third-order valence-electron chi connectivity index (χ3n) is 11.2. The zero-order chi connectivity index (χ0) is 45.7. The van der Waals surface area contributed by atoms with Crippen LogP contribution in [0.5, 0.6) is 0 Å². The maximum Gasteiger partial charge on any atom is 0.472 e. The number of phosphoric ester groups is 1. The van der Waals surface area contributed by atoms with Crippen molar-refractivity contribution in [2.24, 2.45) is 0 Å². The standard InChI is InChI=1S/C48H87O13P/c1-3-5-7-9-11-13-15-16-17-18-19-20-21-22-23-24-25-26-27-29-31-33-35-37-42(50)60-40(38-58-41(49)36-34-32-30-28-14-12-10-8-6-4-2)39-59-62(56,57)61-48-46(54)44(52)43(51)45(53)47(48)55/h8,10,15-16,18-19,40,43-48,51-55H,3-7,9,11-14,17,20-39H2,1-2H3,(H,56,57)/b10-8-,16-15-,19-18-. The molecule has 62 heavy (non-hydrogen) atoms. The summed E-state index contributed by atoms with van der Waals surface area (Å²) in [5.74, 6) is -1.11. The zero-order valence-corrected chi connectivity index (χ0v) is 39.3. The van der Waals surface area contributed by atoms with Crippen molar-refractivity contribution in [2.45, 2.75) is 243 Å². The van der Waals surface area contributed by atoms with E-state index in [9.17, 15) is 44.6 Å². The summed E-state index contributed by atoms with van der Waals surface area (Å²) in [5.41, 5.74) is 0. The molecule has 0 aliphatic heterocycles. The van der Waals surface area contributed by atoms with E-state index >= 15 is 0 Å². The second-order valence-corrected chi connectivity index (χ2v) is 18.4. The molecule has 0 amide bonds. The van der Waals surface area contributed by atoms with Gasteiger partial charge in [-0.05, 0) is 64.2 Å². The highest BCUT2D eigenvalue weighted by atomic mass is 31.2. The number of phosphoric acid groups is 1. The molecule has 0 saturated heterocycles. The van der Waals surface area contributed by atoms with Crippen molar-refractivity contribution >= 4 is 19.8 Å². The molecule has 13 nitrogen and oxygen atoms in total. The monoisotopic (exact) mass is 903 g/mol. The molecule has 1 aliphatic carbocycles. The van der Waals surface area contributed by atoms with Crippen molar-refractivity contribution in [1.29, 1.82) is 0 Å². The molecule has 0 heterocycles. The van der Waals surface area contributed by atoms with Crippen LogP contribution in [0.25, 0.3) is 0 Å². The minimum Gasteiger partial charge on any atom is -0.462 e. The average molecular weight is 903 g/mol. The molecule has 0 aromatic carbocycles. The van der Waals surface area contributed by atoms with Crippen LogP contribution in [0, 0.1) is 0 Å². The lowest BCUT2D eigenvalue weighted by atomic mass is 9.85. The number of aliphatic hydroxyl groups is 5. The van der Waals surface area contributed by atoms with Gasteiger partial charge in [0.25, 0.3) is 0 Å². The van der Waals surface area contributed by atoms with Gasteiger partial charge in [-0.3, -0.25) is 18.6 Å². The minimum absolute atomic E-state index is 0.0930. The van der Waals surface area contributed by atoms with Crippen molar-refractivity contribution in [3.05, 3.63) is 36.5 Å². The quantitative estimate of drug-likeness (QED) is 0.0147. The van der Waals surface area contributed by atoms with Gasteiger partial charge in [0.05, 0.1) is 6.61 Å². The van der Waals surface area contributed by atoms with Crippen LogP contribution in [0.2, 0.25) is 0 Å². The predicted molar refractivity (Wildman–Crippen MR) is 244 cm³/mol. The summed E-state index contributed by atoms with van der Waals surface area (Å²) in [5, 5.41) is 50.1. The fraction of sp³-hybridized carbons (Fsp3) is 0.833. The summed E-state index contributed by atoms with van der Waals surface area (Å²) in [6.45, 7) is 3.22. The first kappa shape index (κ1) is 58.1. The number of carbonyl (C=O) groups excluding carboxylic acids is 2. The lowest BCUT2D eigenvalue weighted by molar-refractivity contribution is -0.220. The number of hydrogen-bond acceptors (Lipinski definition) is 12. The molecule has 0 radical (unpaired) electrons. The second kappa shape index (κ2) is 38.3. The van der Waals surface area contributed by atoms with Crippen molar-refractivity contribution in [3.8, 4) is 0 Å². The smallest absolute Gasteiger partial charge is 0.462 e. The maximum atomic E-state index is 12.8. The molecule has 362 valence electrons. The van der Waals surface area contributed by atoms with E-state index in [1.807, 2.05) is 0 Å². The molecule has 1 saturated carbocycles. The van der Waals surface area contributed by atoms with Gasteiger partial charge in [0, 0.05) is 12.8 Å². The van der Waals surface area contributed by atoms with Crippen LogP contribution < -0.4 is 0 Å². The first-order valence-electron chi connectivity index (χ1n) is 24.3. The molecule has 1 fully saturated rings. The Balaban J connectivity index is 2.36. The third-order valence-corrected chi connectivity index (χ3v) is 12.2. The Bertz CT molecular complexity index is 1230. The Labute approximate surface area is 374 Å². The van der Waals surface area contributed by atoms with E-state index in [2.05, 4.69) is 50.3 Å². The van der Waals surface area contributed by atoms with Crippen molar-refractivity contribution < 1.29 is 63.1 Å². The molecule has 6 unspecified atom stereocenters. The fourth-order valence-electron chi connectivity index (χ4n) is 7.26. The highest BCUT2D eigenvalue weighted by Crippen LogP contribution is 2.47. The largest absolute Gasteiger partial charge is 0.472 e. The minimum atomic E-state index is -5.12. The lowest BCUT2D eigenvalue weighted by Gasteiger charge is -2.41. The van der Waals surface area contributed by atoms with Crippen molar-refractivity contribution in [2.75, 3.05) is 13.2 Å². The van der Waals surface area contributed by atoms with Gasteiger partial charge < -0.3 is 39.9 Å². The Morgan fingerprint density at radius 2 is 0.903 bits per heavy atom. The lowest BCUT2D eigenvalue weighted by Crippen LogP contribution is -2.64. The number of aliphatic hydroxyl groups excluding tert-OH is 5. The van der Waals surface area contributed by atoms with Crippen LogP contribution in [0.15, 0.2) is 36.5 Å². The topological polar surface area (TPSA) is 210 Å². The summed E-state index contributed by atoms with van der Waals surface area (Å²) in [6, 6.07) is 0. The molecular formula is C48H87O13P. The summed E-state index contributed by atoms with van der Waals surface area (Å²) < 4.78 is 33.5. The number of carbonyl (C=O) groups is 2. The zero-order valence-electron chi connectivity index (χ0n) is 38.4. The van der Waals surface area contributed by atoms with Crippen molar-refractivity contribution in [3.63, 3.8) is 0 Å². The van der Waals surface area contributed by atoms with E-state index in [-0.39, 0.29) is 12.8 Å². The number of esters is 2. The summed E-state index contributed by atoms with van der Waals surface area (Å²) in [6.07, 6.45) is 30.7. The van der Waals surface area contributed by atoms with E-state index in [1.165, 1.54) is 77.0 Å². The van der Waals surface area contributed by atoms with E-state index < -0.39 is 75.7 Å². The second-order valence-electron chi connectivity index (χ2n) is 17.0. The van der Waals surface area contributed by atoms with Crippen molar-refractivity contribution in [1.82, 2.24) is 0 Å². The molecule has 0 aromatic rings. The normalized spacial score (nSPS) is 22.1. The van der Waals surface area contributed by atoms with Crippen LogP contribution in [0.4, 0.5) is 0 Å². The summed E-state index contributed by atoms with van der Waals surface area (Å²) in [7, 11) is -5.12. The average Bonchev–Trinajstić information content (AvgIpc) is 3.25. The number of unbranched alkanes of at least 4 members (excludes halogenated alkanes) is 22. The van der Waals surface area contributed by atoms with Gasteiger partial charge in [0.1, 0.15) is 43.2 Å². The molecule has 6 atom stereocenters. The molecule has 1 rings (SSSR count). The highest BCUT2D eigenvalue weighted by Gasteiger charge is 2.51.